The second kappa shape index (κ2) is 5.41. The predicted octanol–water partition coefficient (Wildman–Crippen LogP) is 2.45. The number of carbonyl (C=O) groups is 1. The molecule has 2 aromatic carbocycles. The smallest absolute Gasteiger partial charge is 0.193 e. The maximum atomic E-state index is 12.1. The first-order valence-corrected chi connectivity index (χ1v) is 5.61. The van der Waals surface area contributed by atoms with Crippen molar-refractivity contribution in [1.82, 2.24) is 0 Å². The minimum absolute atomic E-state index is 0.0288. The van der Waals surface area contributed by atoms with E-state index in [4.69, 9.17) is 5.11 Å². The van der Waals surface area contributed by atoms with Gasteiger partial charge in [-0.3, -0.25) is 4.79 Å². The van der Waals surface area contributed by atoms with Crippen LogP contribution in [0, 0.1) is 0 Å². The van der Waals surface area contributed by atoms with Gasteiger partial charge in [0.25, 0.3) is 0 Å². The zero-order chi connectivity index (χ0) is 12.1. The summed E-state index contributed by atoms with van der Waals surface area (Å²) in [6.07, 6.45) is 0.625. The highest BCUT2D eigenvalue weighted by atomic mass is 16.2. The van der Waals surface area contributed by atoms with Crippen LogP contribution in [0.3, 0.4) is 0 Å². The van der Waals surface area contributed by atoms with E-state index in [2.05, 4.69) is 0 Å². The molecule has 2 nitrogen and oxygen atoms in total. The lowest BCUT2D eigenvalue weighted by Crippen LogP contribution is -2.01. The van der Waals surface area contributed by atoms with E-state index in [1.165, 1.54) is 0 Å². The van der Waals surface area contributed by atoms with Gasteiger partial charge in [-0.1, -0.05) is 54.6 Å². The molecule has 0 atom stereocenters. The maximum Gasteiger partial charge on any atom is 0.193 e. The highest BCUT2D eigenvalue weighted by Crippen LogP contribution is 2.11. The first kappa shape index (κ1) is 11.6. The summed E-state index contributed by atoms with van der Waals surface area (Å²) in [7, 11) is 0. The molecule has 0 aliphatic heterocycles. The molecule has 0 aliphatic carbocycles. The van der Waals surface area contributed by atoms with Gasteiger partial charge in [0.15, 0.2) is 5.78 Å². The highest BCUT2D eigenvalue weighted by molar-refractivity contribution is 6.08. The van der Waals surface area contributed by atoms with Crippen molar-refractivity contribution in [2.24, 2.45) is 0 Å². The topological polar surface area (TPSA) is 37.3 Å². The molecule has 0 amide bonds. The Morgan fingerprint density at radius 3 is 2.06 bits per heavy atom. The third-order valence-corrected chi connectivity index (χ3v) is 2.65. The van der Waals surface area contributed by atoms with Crippen molar-refractivity contribution in [1.29, 1.82) is 0 Å². The lowest BCUT2D eigenvalue weighted by molar-refractivity contribution is 0.103. The summed E-state index contributed by atoms with van der Waals surface area (Å²) in [5, 5.41) is 8.81. The van der Waals surface area contributed by atoms with Crippen molar-refractivity contribution in [2.75, 3.05) is 6.61 Å². The second-order valence-corrected chi connectivity index (χ2v) is 3.87. The number of ketones is 1. The number of benzene rings is 2. The Morgan fingerprint density at radius 2 is 1.47 bits per heavy atom. The Morgan fingerprint density at radius 1 is 0.882 bits per heavy atom. The van der Waals surface area contributed by atoms with Gasteiger partial charge in [-0.15, -0.1) is 0 Å². The van der Waals surface area contributed by atoms with E-state index >= 15 is 0 Å². The Bertz CT molecular complexity index is 486. The zero-order valence-corrected chi connectivity index (χ0v) is 9.47. The van der Waals surface area contributed by atoms with Crippen LogP contribution in [0.5, 0.6) is 0 Å². The van der Waals surface area contributed by atoms with Crippen LogP contribution in [0.15, 0.2) is 54.6 Å². The van der Waals surface area contributed by atoms with Crippen LogP contribution >= 0.6 is 0 Å². The molecule has 86 valence electrons. The standard InChI is InChI=1S/C15H14O2/c16-11-10-12-6-8-14(9-7-12)15(17)13-4-2-1-3-5-13/h1-9,16H,10-11H2. The largest absolute Gasteiger partial charge is 0.396 e. The highest BCUT2D eigenvalue weighted by Gasteiger charge is 2.07. The number of aliphatic hydroxyl groups excluding tert-OH is 1. The molecule has 0 aromatic heterocycles. The van der Waals surface area contributed by atoms with Crippen LogP contribution in [0.2, 0.25) is 0 Å². The van der Waals surface area contributed by atoms with Crippen molar-refractivity contribution in [3.63, 3.8) is 0 Å². The van der Waals surface area contributed by atoms with Crippen molar-refractivity contribution in [2.45, 2.75) is 6.42 Å². The molecule has 0 radical (unpaired) electrons. The molecule has 0 aliphatic rings. The van der Waals surface area contributed by atoms with Crippen molar-refractivity contribution < 1.29 is 9.90 Å². The van der Waals surface area contributed by atoms with Crippen LogP contribution in [0.25, 0.3) is 0 Å². The molecule has 0 saturated heterocycles. The number of carbonyl (C=O) groups excluding carboxylic acids is 1. The summed E-state index contributed by atoms with van der Waals surface area (Å²) in [5.41, 5.74) is 2.41. The van der Waals surface area contributed by atoms with Crippen LogP contribution in [0.4, 0.5) is 0 Å². The second-order valence-electron chi connectivity index (χ2n) is 3.87. The van der Waals surface area contributed by atoms with E-state index in [0.717, 1.165) is 5.56 Å². The monoisotopic (exact) mass is 226 g/mol. The minimum atomic E-state index is 0.0288. The van der Waals surface area contributed by atoms with Crippen molar-refractivity contribution in [3.8, 4) is 0 Å². The van der Waals surface area contributed by atoms with E-state index in [1.807, 2.05) is 42.5 Å². The molecular formula is C15H14O2. The lowest BCUT2D eigenvalue weighted by Gasteiger charge is -2.02. The minimum Gasteiger partial charge on any atom is -0.396 e. The fraction of sp³-hybridized carbons (Fsp3) is 0.133. The fourth-order valence-corrected chi connectivity index (χ4v) is 1.71. The van der Waals surface area contributed by atoms with Crippen molar-refractivity contribution in [3.05, 3.63) is 71.3 Å². The van der Waals surface area contributed by atoms with E-state index in [-0.39, 0.29) is 12.4 Å². The molecule has 2 rings (SSSR count). The lowest BCUT2D eigenvalue weighted by atomic mass is 10.0. The average molecular weight is 226 g/mol. The van der Waals surface area contributed by atoms with Gasteiger partial charge in [-0.05, 0) is 12.0 Å². The molecule has 0 bridgehead atoms. The molecule has 0 fully saturated rings. The predicted molar refractivity (Wildman–Crippen MR) is 67.1 cm³/mol. The molecule has 0 saturated carbocycles. The average Bonchev–Trinajstić information content (AvgIpc) is 2.40. The molecular weight excluding hydrogens is 212 g/mol. The summed E-state index contributed by atoms with van der Waals surface area (Å²) >= 11 is 0. The van der Waals surface area contributed by atoms with Gasteiger partial charge < -0.3 is 5.11 Å². The molecule has 2 heteroatoms. The van der Waals surface area contributed by atoms with Crippen LogP contribution in [-0.2, 0) is 6.42 Å². The Balaban J connectivity index is 2.20. The molecule has 0 heterocycles. The van der Waals surface area contributed by atoms with Crippen molar-refractivity contribution >= 4 is 5.78 Å². The van der Waals surface area contributed by atoms with Gasteiger partial charge >= 0.3 is 0 Å². The number of hydrogen-bond donors (Lipinski definition) is 1. The van der Waals surface area contributed by atoms with Gasteiger partial charge in [0.05, 0.1) is 0 Å². The quantitative estimate of drug-likeness (QED) is 0.813. The summed E-state index contributed by atoms with van der Waals surface area (Å²) in [4.78, 5) is 12.1. The summed E-state index contributed by atoms with van der Waals surface area (Å²) < 4.78 is 0. The summed E-state index contributed by atoms with van der Waals surface area (Å²) in [6, 6.07) is 16.6. The van der Waals surface area contributed by atoms with Crippen LogP contribution in [0.1, 0.15) is 21.5 Å². The van der Waals surface area contributed by atoms with Gasteiger partial charge in [-0.25, -0.2) is 0 Å². The molecule has 0 spiro atoms. The van der Waals surface area contributed by atoms with Gasteiger partial charge in [0, 0.05) is 17.7 Å². The zero-order valence-electron chi connectivity index (χ0n) is 9.47. The molecule has 2 aromatic rings. The number of aliphatic hydroxyl groups is 1. The SMILES string of the molecule is O=C(c1ccccc1)c1ccc(CCO)cc1. The molecule has 1 N–H and O–H groups in total. The van der Waals surface area contributed by atoms with Gasteiger partial charge in [-0.2, -0.15) is 0 Å². The first-order valence-electron chi connectivity index (χ1n) is 5.61. The maximum absolute atomic E-state index is 12.1. The molecule has 17 heavy (non-hydrogen) atoms. The number of rotatable bonds is 4. The van der Waals surface area contributed by atoms with E-state index in [1.54, 1.807) is 12.1 Å². The number of hydrogen-bond acceptors (Lipinski definition) is 2. The Hall–Kier alpha value is -1.93. The Labute approximate surface area is 101 Å². The third-order valence-electron chi connectivity index (χ3n) is 2.65. The van der Waals surface area contributed by atoms with E-state index in [0.29, 0.717) is 17.5 Å². The van der Waals surface area contributed by atoms with Gasteiger partial charge in [0.2, 0.25) is 0 Å². The van der Waals surface area contributed by atoms with Gasteiger partial charge in [0.1, 0.15) is 0 Å². The van der Waals surface area contributed by atoms with E-state index < -0.39 is 0 Å². The molecule has 0 unspecified atom stereocenters. The normalized spacial score (nSPS) is 10.2. The first-order chi connectivity index (χ1) is 8.31. The van der Waals surface area contributed by atoms with E-state index in [9.17, 15) is 4.79 Å². The summed E-state index contributed by atoms with van der Waals surface area (Å²) in [5.74, 6) is 0.0288. The fourth-order valence-electron chi connectivity index (χ4n) is 1.71. The Kier molecular flexibility index (Phi) is 3.68. The summed E-state index contributed by atoms with van der Waals surface area (Å²) in [6.45, 7) is 0.131. The van der Waals surface area contributed by atoms with Crippen LogP contribution < -0.4 is 0 Å². The van der Waals surface area contributed by atoms with Crippen LogP contribution in [-0.4, -0.2) is 17.5 Å². The third kappa shape index (κ3) is 2.80.